The van der Waals surface area contributed by atoms with E-state index in [9.17, 15) is 9.59 Å². The third kappa shape index (κ3) is 4.33. The first-order chi connectivity index (χ1) is 14.5. The third-order valence-corrected chi connectivity index (χ3v) is 5.64. The summed E-state index contributed by atoms with van der Waals surface area (Å²) in [5, 5.41) is 3.87. The van der Waals surface area contributed by atoms with E-state index in [1.165, 1.54) is 14.0 Å². The number of thioether (sulfide) groups is 1. The molecule has 0 fully saturated rings. The number of hydrogen-bond donors (Lipinski definition) is 1. The first kappa shape index (κ1) is 20.0. The van der Waals surface area contributed by atoms with Gasteiger partial charge in [-0.05, 0) is 37.3 Å². The van der Waals surface area contributed by atoms with Gasteiger partial charge in [0.25, 0.3) is 5.91 Å². The van der Waals surface area contributed by atoms with Crippen LogP contribution in [0.2, 0.25) is 0 Å². The van der Waals surface area contributed by atoms with Crippen molar-refractivity contribution in [2.45, 2.75) is 18.6 Å². The zero-order valence-electron chi connectivity index (χ0n) is 16.7. The molecule has 0 saturated heterocycles. The predicted octanol–water partition coefficient (Wildman–Crippen LogP) is 3.88. The number of nitrogens with one attached hydrogen (secondary N) is 1. The number of carbonyl (C=O) groups excluding carboxylic acids is 2. The van der Waals surface area contributed by atoms with Crippen LogP contribution < -0.4 is 14.8 Å². The second-order valence-electron chi connectivity index (χ2n) is 6.79. The zero-order chi connectivity index (χ0) is 21.1. The second kappa shape index (κ2) is 8.62. The lowest BCUT2D eigenvalue weighted by Crippen LogP contribution is -2.20. The van der Waals surface area contributed by atoms with Crippen LogP contribution in [-0.4, -0.2) is 40.7 Å². The van der Waals surface area contributed by atoms with Crippen molar-refractivity contribution in [3.05, 3.63) is 54.2 Å². The number of fused-ring (bicyclic) bond motifs is 1. The predicted molar refractivity (Wildman–Crippen MR) is 116 cm³/mol. The van der Waals surface area contributed by atoms with Gasteiger partial charge in [-0.3, -0.25) is 9.59 Å². The summed E-state index contributed by atoms with van der Waals surface area (Å²) in [6, 6.07) is 12.4. The van der Waals surface area contributed by atoms with Crippen LogP contribution in [0.5, 0.6) is 11.5 Å². The van der Waals surface area contributed by atoms with E-state index in [2.05, 4.69) is 14.9 Å². The molecule has 1 aliphatic heterocycles. The number of amides is 1. The fourth-order valence-electron chi connectivity index (χ4n) is 3.15. The van der Waals surface area contributed by atoms with E-state index in [1.54, 1.807) is 30.0 Å². The quantitative estimate of drug-likeness (QED) is 0.581. The van der Waals surface area contributed by atoms with Gasteiger partial charge in [-0.15, -0.1) is 0 Å². The van der Waals surface area contributed by atoms with Crippen LogP contribution in [-0.2, 0) is 11.3 Å². The smallest absolute Gasteiger partial charge is 0.262 e. The van der Waals surface area contributed by atoms with Gasteiger partial charge in [0.05, 0.1) is 12.8 Å². The minimum Gasteiger partial charge on any atom is -0.493 e. The van der Waals surface area contributed by atoms with Gasteiger partial charge in [-0.25, -0.2) is 4.98 Å². The van der Waals surface area contributed by atoms with Crippen LogP contribution in [0, 0.1) is 0 Å². The summed E-state index contributed by atoms with van der Waals surface area (Å²) >= 11 is 1.74. The minimum absolute atomic E-state index is 0.0704. The zero-order valence-corrected chi connectivity index (χ0v) is 17.5. The number of imidazole rings is 1. The average Bonchev–Trinajstić information content (AvgIpc) is 3.34. The number of aryl methyl sites for hydroxylation is 1. The minimum atomic E-state index is -0.298. The summed E-state index contributed by atoms with van der Waals surface area (Å²) in [6.45, 7) is 2.26. The van der Waals surface area contributed by atoms with Crippen molar-refractivity contribution in [3.63, 3.8) is 0 Å². The summed E-state index contributed by atoms with van der Waals surface area (Å²) in [5.41, 5.74) is 3.02. The molecule has 1 amide bonds. The van der Waals surface area contributed by atoms with E-state index in [0.29, 0.717) is 22.7 Å². The maximum Gasteiger partial charge on any atom is 0.262 e. The molecule has 1 aliphatic rings. The first-order valence-corrected chi connectivity index (χ1v) is 10.4. The Bertz CT molecular complexity index is 1090. The van der Waals surface area contributed by atoms with Crippen molar-refractivity contribution < 1.29 is 19.1 Å². The van der Waals surface area contributed by atoms with Gasteiger partial charge in [0.1, 0.15) is 0 Å². The van der Waals surface area contributed by atoms with Gasteiger partial charge in [0.15, 0.2) is 29.0 Å². The molecule has 8 heteroatoms. The highest BCUT2D eigenvalue weighted by Crippen LogP contribution is 2.30. The Morgan fingerprint density at radius 1 is 1.20 bits per heavy atom. The fourth-order valence-corrected chi connectivity index (χ4v) is 4.09. The van der Waals surface area contributed by atoms with Crippen LogP contribution in [0.25, 0.3) is 11.3 Å². The summed E-state index contributed by atoms with van der Waals surface area (Å²) in [5.74, 6) is 1.49. The molecule has 0 bridgehead atoms. The van der Waals surface area contributed by atoms with Crippen LogP contribution in [0.3, 0.4) is 0 Å². The highest BCUT2D eigenvalue weighted by atomic mass is 32.2. The van der Waals surface area contributed by atoms with Gasteiger partial charge < -0.3 is 19.4 Å². The highest BCUT2D eigenvalue weighted by molar-refractivity contribution is 7.99. The van der Waals surface area contributed by atoms with E-state index in [-0.39, 0.29) is 18.3 Å². The Labute approximate surface area is 178 Å². The largest absolute Gasteiger partial charge is 0.493 e. The van der Waals surface area contributed by atoms with Crippen molar-refractivity contribution in [1.29, 1.82) is 0 Å². The summed E-state index contributed by atoms with van der Waals surface area (Å²) in [4.78, 5) is 28.5. The van der Waals surface area contributed by atoms with Crippen LogP contribution >= 0.6 is 11.8 Å². The van der Waals surface area contributed by atoms with Gasteiger partial charge in [0, 0.05) is 35.3 Å². The number of nitrogens with zero attached hydrogens (tertiary/aromatic N) is 2. The standard InChI is InChI=1S/C22H21N3O4S/c1-14(26)15-6-7-19(20(11-15)28-2)29-13-21(27)23-17-5-3-4-16(10-17)18-12-25-8-9-30-22(25)24-18/h3-7,10-12H,8-9,13H2,1-2H3,(H,23,27). The molecule has 2 aromatic carbocycles. The Hall–Kier alpha value is -3.26. The van der Waals surface area contributed by atoms with Crippen LogP contribution in [0.1, 0.15) is 17.3 Å². The molecular weight excluding hydrogens is 402 g/mol. The highest BCUT2D eigenvalue weighted by Gasteiger charge is 2.16. The van der Waals surface area contributed by atoms with Gasteiger partial charge in [-0.1, -0.05) is 23.9 Å². The molecule has 0 saturated carbocycles. The molecule has 1 aromatic heterocycles. The number of hydrogen-bond acceptors (Lipinski definition) is 6. The number of ether oxygens (including phenoxy) is 2. The van der Waals surface area contributed by atoms with E-state index < -0.39 is 0 Å². The SMILES string of the molecule is COc1cc(C(C)=O)ccc1OCC(=O)Nc1cccc(-c2cn3c(n2)SCC3)c1. The van der Waals surface area contributed by atoms with Crippen molar-refractivity contribution in [2.24, 2.45) is 0 Å². The number of carbonyl (C=O) groups is 2. The number of ketones is 1. The summed E-state index contributed by atoms with van der Waals surface area (Å²) < 4.78 is 13.0. The topological polar surface area (TPSA) is 82.5 Å². The lowest BCUT2D eigenvalue weighted by molar-refractivity contribution is -0.118. The molecule has 0 spiro atoms. The Morgan fingerprint density at radius 3 is 2.83 bits per heavy atom. The molecule has 30 heavy (non-hydrogen) atoms. The number of anilines is 1. The van der Waals surface area contributed by atoms with Crippen molar-refractivity contribution in [2.75, 3.05) is 24.8 Å². The van der Waals surface area contributed by atoms with Crippen LogP contribution in [0.15, 0.2) is 53.8 Å². The number of benzene rings is 2. The molecule has 154 valence electrons. The molecule has 0 unspecified atom stereocenters. The molecule has 0 aliphatic carbocycles. The third-order valence-electron chi connectivity index (χ3n) is 4.67. The molecule has 0 atom stereocenters. The lowest BCUT2D eigenvalue weighted by Gasteiger charge is -2.12. The maximum atomic E-state index is 12.4. The number of methoxy groups -OCH3 is 1. The van der Waals surface area contributed by atoms with E-state index >= 15 is 0 Å². The molecule has 2 heterocycles. The van der Waals surface area contributed by atoms with Crippen molar-refractivity contribution in [3.8, 4) is 22.8 Å². The first-order valence-electron chi connectivity index (χ1n) is 9.45. The van der Waals surface area contributed by atoms with E-state index in [4.69, 9.17) is 9.47 Å². The molecule has 4 rings (SSSR count). The molecule has 0 radical (unpaired) electrons. The average molecular weight is 423 g/mol. The number of Topliss-reactive ketones (excluding diaryl/α,β-unsaturated/α-hetero) is 1. The molecule has 7 nitrogen and oxygen atoms in total. The lowest BCUT2D eigenvalue weighted by atomic mass is 10.1. The van der Waals surface area contributed by atoms with E-state index in [0.717, 1.165) is 28.7 Å². The number of aromatic nitrogens is 2. The Morgan fingerprint density at radius 2 is 2.07 bits per heavy atom. The van der Waals surface area contributed by atoms with Gasteiger partial charge in [0.2, 0.25) is 0 Å². The Balaban J connectivity index is 1.40. The monoisotopic (exact) mass is 423 g/mol. The van der Waals surface area contributed by atoms with Gasteiger partial charge in [-0.2, -0.15) is 0 Å². The normalized spacial score (nSPS) is 12.3. The second-order valence-corrected chi connectivity index (χ2v) is 7.85. The molecule has 1 N–H and O–H groups in total. The molecular formula is C22H21N3O4S. The fraction of sp³-hybridized carbons (Fsp3) is 0.227. The number of rotatable bonds is 7. The maximum absolute atomic E-state index is 12.4. The van der Waals surface area contributed by atoms with Crippen molar-refractivity contribution >= 4 is 29.1 Å². The summed E-state index contributed by atoms with van der Waals surface area (Å²) in [7, 11) is 1.49. The van der Waals surface area contributed by atoms with E-state index in [1.807, 2.05) is 30.5 Å². The van der Waals surface area contributed by atoms with Crippen molar-refractivity contribution in [1.82, 2.24) is 9.55 Å². The Kier molecular flexibility index (Phi) is 5.76. The van der Waals surface area contributed by atoms with Gasteiger partial charge >= 0.3 is 0 Å². The molecule has 3 aromatic rings. The summed E-state index contributed by atoms with van der Waals surface area (Å²) in [6.07, 6.45) is 2.04. The van der Waals surface area contributed by atoms with Crippen LogP contribution in [0.4, 0.5) is 5.69 Å².